The van der Waals surface area contributed by atoms with Gasteiger partial charge in [-0.2, -0.15) is 0 Å². The Balaban J connectivity index is 2.08. The maximum absolute atomic E-state index is 4.94. The zero-order valence-corrected chi connectivity index (χ0v) is 8.52. The number of rotatable bonds is 2. The Morgan fingerprint density at radius 1 is 1.67 bits per heavy atom. The first-order chi connectivity index (χ1) is 5.68. The van der Waals surface area contributed by atoms with Gasteiger partial charge in [-0.1, -0.05) is 11.3 Å². The van der Waals surface area contributed by atoms with E-state index in [1.54, 1.807) is 0 Å². The van der Waals surface area contributed by atoms with Gasteiger partial charge in [-0.15, -0.1) is 5.10 Å². The highest BCUT2D eigenvalue weighted by Crippen LogP contribution is 2.34. The Kier molecular flexibility index (Phi) is 1.92. The second-order valence-corrected chi connectivity index (χ2v) is 5.12. The van der Waals surface area contributed by atoms with E-state index in [4.69, 9.17) is 12.2 Å². The molecule has 1 aromatic rings. The standard InChI is InChI=1S/C7H11N3S2/c1-7(3-2-4-7)8-5-9-10-6(11)12-5/h2-4H2,1H3,(H,8,9)(H,10,11). The van der Waals surface area contributed by atoms with E-state index in [0.29, 0.717) is 0 Å². The summed E-state index contributed by atoms with van der Waals surface area (Å²) in [7, 11) is 0. The highest BCUT2D eigenvalue weighted by Gasteiger charge is 2.32. The summed E-state index contributed by atoms with van der Waals surface area (Å²) in [4.78, 5) is 0. The number of hydrogen-bond donors (Lipinski definition) is 2. The zero-order valence-electron chi connectivity index (χ0n) is 6.89. The van der Waals surface area contributed by atoms with E-state index in [1.807, 2.05) is 0 Å². The molecule has 2 rings (SSSR count). The average molecular weight is 201 g/mol. The Hall–Kier alpha value is -0.420. The molecule has 3 nitrogen and oxygen atoms in total. The minimum absolute atomic E-state index is 0.271. The fourth-order valence-electron chi connectivity index (χ4n) is 1.37. The van der Waals surface area contributed by atoms with Crippen molar-refractivity contribution in [2.75, 3.05) is 5.32 Å². The van der Waals surface area contributed by atoms with Gasteiger partial charge in [-0.3, -0.25) is 5.10 Å². The SMILES string of the molecule is CC1(Nc2n[nH]c(=S)s2)CCC1. The van der Waals surface area contributed by atoms with Crippen molar-refractivity contribution >= 4 is 28.7 Å². The van der Waals surface area contributed by atoms with Gasteiger partial charge in [0.2, 0.25) is 5.13 Å². The summed E-state index contributed by atoms with van der Waals surface area (Å²) in [6, 6.07) is 0. The van der Waals surface area contributed by atoms with Gasteiger partial charge in [-0.05, 0) is 38.4 Å². The quantitative estimate of drug-likeness (QED) is 0.722. The van der Waals surface area contributed by atoms with Gasteiger partial charge >= 0.3 is 0 Å². The second kappa shape index (κ2) is 2.81. The number of aromatic amines is 1. The lowest BCUT2D eigenvalue weighted by molar-refractivity contribution is 0.306. The summed E-state index contributed by atoms with van der Waals surface area (Å²) in [5.74, 6) is 0. The number of nitrogens with one attached hydrogen (secondary N) is 2. The molecule has 0 amide bonds. The first kappa shape index (κ1) is 8.19. The molecule has 0 atom stereocenters. The van der Waals surface area contributed by atoms with Gasteiger partial charge in [0, 0.05) is 5.54 Å². The van der Waals surface area contributed by atoms with E-state index in [0.717, 1.165) is 9.09 Å². The van der Waals surface area contributed by atoms with Gasteiger partial charge < -0.3 is 5.32 Å². The molecule has 0 bridgehead atoms. The minimum atomic E-state index is 0.271. The molecule has 0 aliphatic heterocycles. The number of aromatic nitrogens is 2. The third kappa shape index (κ3) is 1.51. The largest absolute Gasteiger partial charge is 0.355 e. The van der Waals surface area contributed by atoms with Crippen molar-refractivity contribution in [3.63, 3.8) is 0 Å². The van der Waals surface area contributed by atoms with E-state index in [2.05, 4.69) is 22.4 Å². The maximum atomic E-state index is 4.94. The summed E-state index contributed by atoms with van der Waals surface area (Å²) in [6.45, 7) is 2.22. The van der Waals surface area contributed by atoms with Crippen molar-refractivity contribution in [2.24, 2.45) is 0 Å². The predicted molar refractivity (Wildman–Crippen MR) is 53.2 cm³/mol. The molecular weight excluding hydrogens is 190 g/mol. The van der Waals surface area contributed by atoms with Crippen LogP contribution in [0.2, 0.25) is 0 Å². The molecule has 0 radical (unpaired) electrons. The van der Waals surface area contributed by atoms with Crippen LogP contribution in [0.4, 0.5) is 5.13 Å². The normalized spacial score (nSPS) is 20.1. The van der Waals surface area contributed by atoms with Crippen molar-refractivity contribution in [3.8, 4) is 0 Å². The van der Waals surface area contributed by atoms with Crippen LogP contribution < -0.4 is 5.32 Å². The number of hydrogen-bond acceptors (Lipinski definition) is 4. The number of H-pyrrole nitrogens is 1. The van der Waals surface area contributed by atoms with Gasteiger partial charge in [0.05, 0.1) is 0 Å². The van der Waals surface area contributed by atoms with Crippen LogP contribution in [0.15, 0.2) is 0 Å². The van der Waals surface area contributed by atoms with Crippen molar-refractivity contribution in [1.29, 1.82) is 0 Å². The van der Waals surface area contributed by atoms with Crippen LogP contribution in [0, 0.1) is 3.95 Å². The molecule has 12 heavy (non-hydrogen) atoms. The van der Waals surface area contributed by atoms with Crippen molar-refractivity contribution < 1.29 is 0 Å². The smallest absolute Gasteiger partial charge is 0.204 e. The van der Waals surface area contributed by atoms with Gasteiger partial charge in [-0.25, -0.2) is 0 Å². The van der Waals surface area contributed by atoms with Crippen molar-refractivity contribution in [2.45, 2.75) is 31.7 Å². The highest BCUT2D eigenvalue weighted by molar-refractivity contribution is 7.73. The molecule has 0 spiro atoms. The summed E-state index contributed by atoms with van der Waals surface area (Å²) >= 11 is 6.44. The van der Waals surface area contributed by atoms with Gasteiger partial charge in [0.1, 0.15) is 0 Å². The highest BCUT2D eigenvalue weighted by atomic mass is 32.1. The van der Waals surface area contributed by atoms with Crippen LogP contribution in [-0.2, 0) is 0 Å². The van der Waals surface area contributed by atoms with E-state index in [1.165, 1.54) is 30.6 Å². The topological polar surface area (TPSA) is 40.7 Å². The fourth-order valence-corrected chi connectivity index (χ4v) is 2.31. The van der Waals surface area contributed by atoms with E-state index in [-0.39, 0.29) is 5.54 Å². The molecule has 66 valence electrons. The molecule has 5 heteroatoms. The molecule has 1 aliphatic carbocycles. The first-order valence-electron chi connectivity index (χ1n) is 4.02. The lowest BCUT2D eigenvalue weighted by atomic mass is 9.79. The van der Waals surface area contributed by atoms with Gasteiger partial charge in [0.25, 0.3) is 0 Å². The van der Waals surface area contributed by atoms with E-state index < -0.39 is 0 Å². The van der Waals surface area contributed by atoms with Crippen molar-refractivity contribution in [3.05, 3.63) is 3.95 Å². The molecule has 1 fully saturated rings. The Morgan fingerprint density at radius 2 is 2.42 bits per heavy atom. The first-order valence-corrected chi connectivity index (χ1v) is 5.24. The van der Waals surface area contributed by atoms with Gasteiger partial charge in [0.15, 0.2) is 3.95 Å². The average Bonchev–Trinajstić information content (AvgIpc) is 2.32. The zero-order chi connectivity index (χ0) is 8.60. The maximum Gasteiger partial charge on any atom is 0.204 e. The molecular formula is C7H11N3S2. The van der Waals surface area contributed by atoms with Crippen LogP contribution in [0.3, 0.4) is 0 Å². The third-order valence-electron chi connectivity index (χ3n) is 2.30. The molecule has 1 aliphatic rings. The van der Waals surface area contributed by atoms with E-state index in [9.17, 15) is 0 Å². The molecule has 2 N–H and O–H groups in total. The molecule has 0 unspecified atom stereocenters. The fraction of sp³-hybridized carbons (Fsp3) is 0.714. The number of nitrogens with zero attached hydrogens (tertiary/aromatic N) is 1. The van der Waals surface area contributed by atoms with Crippen LogP contribution in [0.25, 0.3) is 0 Å². The summed E-state index contributed by atoms with van der Waals surface area (Å²) in [5, 5.41) is 11.1. The molecule has 1 saturated carbocycles. The number of anilines is 1. The van der Waals surface area contributed by atoms with Crippen LogP contribution in [0.5, 0.6) is 0 Å². The lowest BCUT2D eigenvalue weighted by Crippen LogP contribution is -2.41. The molecule has 1 aromatic heterocycles. The minimum Gasteiger partial charge on any atom is -0.355 e. The van der Waals surface area contributed by atoms with Crippen LogP contribution in [-0.4, -0.2) is 15.7 Å². The monoisotopic (exact) mass is 201 g/mol. The second-order valence-electron chi connectivity index (χ2n) is 3.46. The molecule has 1 heterocycles. The van der Waals surface area contributed by atoms with E-state index >= 15 is 0 Å². The Bertz CT molecular complexity index is 323. The molecule has 0 saturated heterocycles. The van der Waals surface area contributed by atoms with Crippen LogP contribution in [0.1, 0.15) is 26.2 Å². The summed E-state index contributed by atoms with van der Waals surface area (Å²) in [6.07, 6.45) is 3.79. The van der Waals surface area contributed by atoms with Crippen LogP contribution >= 0.6 is 23.6 Å². The third-order valence-corrected chi connectivity index (χ3v) is 3.31. The summed E-state index contributed by atoms with van der Waals surface area (Å²) < 4.78 is 0.737. The predicted octanol–water partition coefficient (Wildman–Crippen LogP) is 2.56. The Morgan fingerprint density at radius 3 is 2.83 bits per heavy atom. The molecule has 0 aromatic carbocycles. The van der Waals surface area contributed by atoms with Crippen molar-refractivity contribution in [1.82, 2.24) is 10.2 Å². The Labute approximate surface area is 80.2 Å². The lowest BCUT2D eigenvalue weighted by Gasteiger charge is -2.38. The summed E-state index contributed by atoms with van der Waals surface area (Å²) in [5.41, 5.74) is 0.271.